The molecule has 4 unspecified atom stereocenters. The molecule has 63 heavy (non-hydrogen) atoms. The number of ether oxygens (including phenoxy) is 6. The average Bonchev–Trinajstić information content (AvgIpc) is 3.99. The van der Waals surface area contributed by atoms with Crippen molar-refractivity contribution in [3.8, 4) is 0 Å². The molecule has 3 fully saturated rings. The molecule has 1 amide bonds. The molecule has 3 aliphatic rings. The van der Waals surface area contributed by atoms with Crippen LogP contribution in [0.5, 0.6) is 0 Å². The first kappa shape index (κ1) is 46.7. The number of aromatic amines is 2. The lowest BCUT2D eigenvalue weighted by Gasteiger charge is -2.29. The minimum Gasteiger partial charge on any atom is -0.379 e. The number of anilines is 2. The second kappa shape index (κ2) is 20.3. The highest BCUT2D eigenvalue weighted by Gasteiger charge is 2.54. The van der Waals surface area contributed by atoms with Crippen LogP contribution < -0.4 is 33.6 Å². The number of nitrogen functional groups attached to an aromatic ring is 2. The van der Waals surface area contributed by atoms with Gasteiger partial charge in [-0.3, -0.25) is 51.6 Å². The first-order valence-electron chi connectivity index (χ1n) is 19.5. The summed E-state index contributed by atoms with van der Waals surface area (Å²) >= 11 is 0. The SMILES string of the molecule is C[C@H]1C2OP(=O)(O)OC[C@H]3O[C@@H](n4cnc5c(=O)[nH]c(N)nc54)C(NC(=O)CCOCCOCCOCCOCCN)[C@H]3OP(=O)(O)OC[C@H]2O[C@H]1n1cnc2c(=O)[nH]c(N)nc21. The highest BCUT2D eigenvalue weighted by atomic mass is 31.2. The number of aromatic nitrogens is 8. The van der Waals surface area contributed by atoms with Crippen molar-refractivity contribution in [3.05, 3.63) is 33.4 Å². The number of nitrogens with zero attached hydrogens (tertiary/aromatic N) is 6. The molecule has 31 heteroatoms. The maximum absolute atomic E-state index is 13.8. The summed E-state index contributed by atoms with van der Waals surface area (Å²) in [6.07, 6.45) is -6.16. The summed E-state index contributed by atoms with van der Waals surface area (Å²) in [5.74, 6) is -1.99. The summed E-state index contributed by atoms with van der Waals surface area (Å²) in [7, 11) is -10.2. The molecule has 0 aromatic carbocycles. The first-order valence-corrected chi connectivity index (χ1v) is 22.5. The van der Waals surface area contributed by atoms with Crippen LogP contribution in [-0.2, 0) is 60.4 Å². The van der Waals surface area contributed by atoms with Crippen molar-refractivity contribution in [3.63, 3.8) is 0 Å². The van der Waals surface area contributed by atoms with Crippen LogP contribution in [0.1, 0.15) is 25.8 Å². The Labute approximate surface area is 355 Å². The van der Waals surface area contributed by atoms with Gasteiger partial charge in [0.15, 0.2) is 28.6 Å². The Hall–Kier alpha value is -4.29. The van der Waals surface area contributed by atoms with Crippen LogP contribution in [0.2, 0.25) is 0 Å². The van der Waals surface area contributed by atoms with E-state index in [1.54, 1.807) is 6.92 Å². The van der Waals surface area contributed by atoms with Gasteiger partial charge < -0.3 is 60.7 Å². The lowest BCUT2D eigenvalue weighted by molar-refractivity contribution is -0.124. The van der Waals surface area contributed by atoms with Gasteiger partial charge in [0, 0.05) is 18.9 Å². The van der Waals surface area contributed by atoms with Crippen molar-refractivity contribution in [1.29, 1.82) is 0 Å². The molecule has 3 aliphatic heterocycles. The molecule has 29 nitrogen and oxygen atoms in total. The molecule has 4 aromatic heterocycles. The van der Waals surface area contributed by atoms with Gasteiger partial charge in [-0.2, -0.15) is 9.97 Å². The fourth-order valence-electron chi connectivity index (χ4n) is 7.12. The molecular weight excluding hydrogens is 886 g/mol. The van der Waals surface area contributed by atoms with Crippen molar-refractivity contribution in [2.75, 3.05) is 84.1 Å². The predicted octanol–water partition coefficient (Wildman–Crippen LogP) is -2.23. The van der Waals surface area contributed by atoms with Crippen molar-refractivity contribution in [2.45, 2.75) is 56.3 Å². The van der Waals surface area contributed by atoms with Gasteiger partial charge >= 0.3 is 15.6 Å². The number of fused-ring (bicyclic) bond motifs is 4. The third-order valence-corrected chi connectivity index (χ3v) is 11.9. The largest absolute Gasteiger partial charge is 0.472 e. The van der Waals surface area contributed by atoms with Gasteiger partial charge in [-0.05, 0) is 0 Å². The van der Waals surface area contributed by atoms with Crippen LogP contribution in [0.3, 0.4) is 0 Å². The highest BCUT2D eigenvalue weighted by molar-refractivity contribution is 7.47. The van der Waals surface area contributed by atoms with Crippen LogP contribution in [0.4, 0.5) is 11.9 Å². The first-order chi connectivity index (χ1) is 30.1. The number of hydrogen-bond donors (Lipinski definition) is 8. The molecule has 11 N–H and O–H groups in total. The maximum atomic E-state index is 13.8. The molecule has 7 rings (SSSR count). The number of imidazole rings is 2. The second-order valence-corrected chi connectivity index (χ2v) is 17.1. The summed E-state index contributed by atoms with van der Waals surface area (Å²) in [6.45, 7) is 2.58. The number of carbonyl (C=O) groups is 1. The molecule has 4 aromatic rings. The maximum Gasteiger partial charge on any atom is 0.472 e. The van der Waals surface area contributed by atoms with Crippen LogP contribution >= 0.6 is 15.6 Å². The summed E-state index contributed by atoms with van der Waals surface area (Å²) in [4.78, 5) is 81.9. The minimum atomic E-state index is -5.16. The van der Waals surface area contributed by atoms with Gasteiger partial charge in [0.1, 0.15) is 36.7 Å². The Morgan fingerprint density at radius 3 is 1.78 bits per heavy atom. The standard InChI is InChI=1S/C32H48N12O17P2/c1-16-23-17(58-29(16)43-14-36-21-25(43)39-31(34)41-27(21)46)12-56-63(50,51)61-24-18(13-57-62(48,49)60-23)59-30(44-15-37-22-26(44)40-32(35)42-28(22)47)20(24)38-19(45)2-4-52-6-8-54-10-11-55-9-7-53-5-3-33/h14-18,20,23-24,29-30H,2-13,33H2,1H3,(H,38,45)(H,48,49)(H,50,51)(H3,34,39,41,46)(H3,35,40,42,47)/t16-,17+,18+,20?,23?,24-,29+,30+/m0/s1. The summed E-state index contributed by atoms with van der Waals surface area (Å²) in [5.41, 5.74) is 15.3. The van der Waals surface area contributed by atoms with Gasteiger partial charge in [0.2, 0.25) is 17.8 Å². The van der Waals surface area contributed by atoms with E-state index in [9.17, 15) is 33.3 Å². The zero-order valence-electron chi connectivity index (χ0n) is 33.6. The number of phosphoric ester groups is 2. The van der Waals surface area contributed by atoms with Gasteiger partial charge in [0.25, 0.3) is 11.1 Å². The molecule has 0 radical (unpaired) electrons. The number of carbonyl (C=O) groups excluding carboxylic acids is 1. The van der Waals surface area contributed by atoms with Crippen molar-refractivity contribution in [2.24, 2.45) is 11.7 Å². The molecule has 7 heterocycles. The lowest BCUT2D eigenvalue weighted by Crippen LogP contribution is -2.48. The van der Waals surface area contributed by atoms with E-state index < -0.39 is 94.7 Å². The number of rotatable bonds is 17. The third-order valence-electron chi connectivity index (χ3n) is 9.93. The van der Waals surface area contributed by atoms with E-state index in [0.717, 1.165) is 6.33 Å². The summed E-state index contributed by atoms with van der Waals surface area (Å²) < 4.78 is 86.1. The Balaban J connectivity index is 1.06. The monoisotopic (exact) mass is 934 g/mol. The van der Waals surface area contributed by atoms with E-state index >= 15 is 0 Å². The van der Waals surface area contributed by atoms with Crippen LogP contribution in [0.25, 0.3) is 22.3 Å². The summed E-state index contributed by atoms with van der Waals surface area (Å²) in [5, 5.41) is 2.70. The van der Waals surface area contributed by atoms with Gasteiger partial charge in [-0.1, -0.05) is 6.92 Å². The number of H-pyrrole nitrogens is 2. The Morgan fingerprint density at radius 2 is 1.24 bits per heavy atom. The van der Waals surface area contributed by atoms with Crippen LogP contribution in [0.15, 0.2) is 22.2 Å². The van der Waals surface area contributed by atoms with Gasteiger partial charge in [-0.15, -0.1) is 0 Å². The fraction of sp³-hybridized carbons (Fsp3) is 0.656. The number of hydrogen-bond acceptors (Lipinski definition) is 22. The number of amides is 1. The quantitative estimate of drug-likeness (QED) is 0.0410. The number of nitrogens with one attached hydrogen (secondary N) is 3. The Kier molecular flexibility index (Phi) is 15.0. The van der Waals surface area contributed by atoms with E-state index in [-0.39, 0.29) is 60.5 Å². The zero-order chi connectivity index (χ0) is 44.9. The number of nitrogens with two attached hydrogens (primary N) is 3. The third kappa shape index (κ3) is 11.2. The van der Waals surface area contributed by atoms with E-state index in [2.05, 4.69) is 35.2 Å². The van der Waals surface area contributed by atoms with Crippen molar-refractivity contribution in [1.82, 2.24) is 44.4 Å². The highest BCUT2D eigenvalue weighted by Crippen LogP contribution is 2.54. The van der Waals surface area contributed by atoms with Crippen molar-refractivity contribution >= 4 is 55.8 Å². The molecule has 0 bridgehead atoms. The molecule has 0 spiro atoms. The van der Waals surface area contributed by atoms with E-state index in [1.807, 2.05) is 0 Å². The minimum absolute atomic E-state index is 0.0192. The van der Waals surface area contributed by atoms with Crippen LogP contribution in [0, 0.1) is 5.92 Å². The van der Waals surface area contributed by atoms with E-state index in [1.165, 1.54) is 15.5 Å². The fourth-order valence-corrected chi connectivity index (χ4v) is 9.13. The van der Waals surface area contributed by atoms with E-state index in [0.29, 0.717) is 39.6 Å². The summed E-state index contributed by atoms with van der Waals surface area (Å²) in [6, 6.07) is -1.42. The molecule has 10 atom stereocenters. The average molecular weight is 935 g/mol. The lowest BCUT2D eigenvalue weighted by atomic mass is 10.0. The molecule has 0 saturated carbocycles. The smallest absolute Gasteiger partial charge is 0.379 e. The molecule has 348 valence electrons. The Bertz CT molecular complexity index is 2430. The predicted molar refractivity (Wildman–Crippen MR) is 212 cm³/mol. The number of phosphoric acid groups is 2. The van der Waals surface area contributed by atoms with Crippen LogP contribution in [-0.4, -0.2) is 158 Å². The normalized spacial score (nSPS) is 30.2. The van der Waals surface area contributed by atoms with Crippen molar-refractivity contribution < 1.29 is 70.2 Å². The molecule has 3 saturated heterocycles. The van der Waals surface area contributed by atoms with E-state index in [4.69, 9.17) is 63.7 Å². The second-order valence-electron chi connectivity index (χ2n) is 14.3. The molecular formula is C32H48N12O17P2. The topological polar surface area (TPSA) is 401 Å². The van der Waals surface area contributed by atoms with Gasteiger partial charge in [-0.25, -0.2) is 19.1 Å². The van der Waals surface area contributed by atoms with Gasteiger partial charge in [0.05, 0.1) is 78.7 Å². The molecule has 0 aliphatic carbocycles. The zero-order valence-corrected chi connectivity index (χ0v) is 35.4. The Morgan fingerprint density at radius 1 is 0.778 bits per heavy atom.